The van der Waals surface area contributed by atoms with Gasteiger partial charge in [-0.25, -0.2) is 4.39 Å². The first-order chi connectivity index (χ1) is 8.70. The zero-order chi connectivity index (χ0) is 12.5. The minimum atomic E-state index is -0.190. The standard InChI is InChI=1S/C14H18ClFN2/c15-11-2-1-10(14(16)7-11)8-18-6-5-12-3-4-13(9-18)17-12/h1-2,7,12-13,17H,3-6,8-9H2. The second-order valence-electron chi connectivity index (χ2n) is 5.40. The van der Waals surface area contributed by atoms with Crippen molar-refractivity contribution in [3.8, 4) is 0 Å². The van der Waals surface area contributed by atoms with E-state index in [1.165, 1.54) is 25.3 Å². The number of nitrogens with zero attached hydrogens (tertiary/aromatic N) is 1. The van der Waals surface area contributed by atoms with Crippen LogP contribution in [-0.4, -0.2) is 30.1 Å². The average molecular weight is 269 g/mol. The van der Waals surface area contributed by atoms with Crippen molar-refractivity contribution >= 4 is 11.6 Å². The van der Waals surface area contributed by atoms with Gasteiger partial charge in [0, 0.05) is 42.3 Å². The van der Waals surface area contributed by atoms with Crippen LogP contribution in [0.1, 0.15) is 24.8 Å². The summed E-state index contributed by atoms with van der Waals surface area (Å²) >= 11 is 5.77. The molecule has 0 amide bonds. The fourth-order valence-corrected chi connectivity index (χ4v) is 3.21. The third kappa shape index (κ3) is 2.68. The van der Waals surface area contributed by atoms with Gasteiger partial charge in [0.1, 0.15) is 5.82 Å². The monoisotopic (exact) mass is 268 g/mol. The molecule has 2 unspecified atom stereocenters. The number of nitrogens with one attached hydrogen (secondary N) is 1. The van der Waals surface area contributed by atoms with Crippen LogP contribution in [-0.2, 0) is 6.54 Å². The number of hydrogen-bond donors (Lipinski definition) is 1. The lowest BCUT2D eigenvalue weighted by Crippen LogP contribution is -2.35. The van der Waals surface area contributed by atoms with E-state index in [9.17, 15) is 4.39 Å². The highest BCUT2D eigenvalue weighted by atomic mass is 35.5. The van der Waals surface area contributed by atoms with Crippen molar-refractivity contribution in [2.45, 2.75) is 37.9 Å². The van der Waals surface area contributed by atoms with Crippen LogP contribution < -0.4 is 5.32 Å². The first-order valence-electron chi connectivity index (χ1n) is 6.63. The molecule has 0 aliphatic carbocycles. The number of benzene rings is 1. The summed E-state index contributed by atoms with van der Waals surface area (Å²) in [6.07, 6.45) is 3.73. The normalized spacial score (nSPS) is 28.3. The second-order valence-corrected chi connectivity index (χ2v) is 5.83. The zero-order valence-electron chi connectivity index (χ0n) is 10.3. The third-order valence-electron chi connectivity index (χ3n) is 4.02. The topological polar surface area (TPSA) is 15.3 Å². The quantitative estimate of drug-likeness (QED) is 0.887. The minimum absolute atomic E-state index is 0.190. The molecular weight excluding hydrogens is 251 g/mol. The van der Waals surface area contributed by atoms with Gasteiger partial charge < -0.3 is 5.32 Å². The molecule has 18 heavy (non-hydrogen) atoms. The van der Waals surface area contributed by atoms with Crippen molar-refractivity contribution < 1.29 is 4.39 Å². The second kappa shape index (κ2) is 5.16. The smallest absolute Gasteiger partial charge is 0.129 e. The largest absolute Gasteiger partial charge is 0.310 e. The fourth-order valence-electron chi connectivity index (χ4n) is 3.05. The average Bonchev–Trinajstić information content (AvgIpc) is 2.66. The molecule has 2 heterocycles. The minimum Gasteiger partial charge on any atom is -0.310 e. The number of rotatable bonds is 2. The molecule has 1 N–H and O–H groups in total. The highest BCUT2D eigenvalue weighted by molar-refractivity contribution is 6.30. The van der Waals surface area contributed by atoms with E-state index in [4.69, 9.17) is 11.6 Å². The first kappa shape index (κ1) is 12.4. The molecular formula is C14H18ClFN2. The van der Waals surface area contributed by atoms with E-state index in [1.807, 2.05) is 0 Å². The van der Waals surface area contributed by atoms with Gasteiger partial charge in [0.05, 0.1) is 0 Å². The molecule has 3 rings (SSSR count). The lowest BCUT2D eigenvalue weighted by atomic mass is 10.1. The van der Waals surface area contributed by atoms with Gasteiger partial charge in [-0.2, -0.15) is 0 Å². The van der Waals surface area contributed by atoms with Crippen LogP contribution in [0.25, 0.3) is 0 Å². The maximum atomic E-state index is 13.8. The van der Waals surface area contributed by atoms with Crippen LogP contribution in [0.2, 0.25) is 5.02 Å². The Hall–Kier alpha value is -0.640. The summed E-state index contributed by atoms with van der Waals surface area (Å²) in [6, 6.07) is 6.23. The van der Waals surface area contributed by atoms with Crippen molar-refractivity contribution in [1.29, 1.82) is 0 Å². The van der Waals surface area contributed by atoms with E-state index in [0.29, 0.717) is 23.7 Å². The number of fused-ring (bicyclic) bond motifs is 2. The Morgan fingerprint density at radius 2 is 2.11 bits per heavy atom. The lowest BCUT2D eigenvalue weighted by Gasteiger charge is -2.24. The van der Waals surface area contributed by atoms with Gasteiger partial charge in [-0.3, -0.25) is 4.90 Å². The lowest BCUT2D eigenvalue weighted by molar-refractivity contribution is 0.247. The Balaban J connectivity index is 1.68. The molecule has 0 radical (unpaired) electrons. The van der Waals surface area contributed by atoms with Crippen LogP contribution in [0.15, 0.2) is 18.2 Å². The Morgan fingerprint density at radius 1 is 1.28 bits per heavy atom. The van der Waals surface area contributed by atoms with Crippen molar-refractivity contribution in [2.24, 2.45) is 0 Å². The summed E-state index contributed by atoms with van der Waals surface area (Å²) in [5.74, 6) is -0.190. The predicted molar refractivity (Wildman–Crippen MR) is 71.2 cm³/mol. The third-order valence-corrected chi connectivity index (χ3v) is 4.25. The fraction of sp³-hybridized carbons (Fsp3) is 0.571. The van der Waals surface area contributed by atoms with E-state index in [-0.39, 0.29) is 5.82 Å². The van der Waals surface area contributed by atoms with Gasteiger partial charge in [-0.15, -0.1) is 0 Å². The van der Waals surface area contributed by atoms with Crippen LogP contribution in [0.4, 0.5) is 4.39 Å². The van der Waals surface area contributed by atoms with E-state index in [2.05, 4.69) is 10.2 Å². The highest BCUT2D eigenvalue weighted by Gasteiger charge is 2.29. The van der Waals surface area contributed by atoms with E-state index in [0.717, 1.165) is 18.7 Å². The van der Waals surface area contributed by atoms with Crippen LogP contribution in [0.5, 0.6) is 0 Å². The Morgan fingerprint density at radius 3 is 2.94 bits per heavy atom. The molecule has 98 valence electrons. The van der Waals surface area contributed by atoms with Crippen molar-refractivity contribution in [2.75, 3.05) is 13.1 Å². The summed E-state index contributed by atoms with van der Waals surface area (Å²) in [4.78, 5) is 2.35. The first-order valence-corrected chi connectivity index (χ1v) is 7.01. The molecule has 0 aromatic heterocycles. The Labute approximate surface area is 112 Å². The highest BCUT2D eigenvalue weighted by Crippen LogP contribution is 2.22. The molecule has 2 fully saturated rings. The Kier molecular flexibility index (Phi) is 3.55. The molecule has 2 aliphatic heterocycles. The molecule has 2 bridgehead atoms. The SMILES string of the molecule is Fc1cc(Cl)ccc1CN1CCC2CCC(C1)N2. The van der Waals surface area contributed by atoms with Gasteiger partial charge in [0.25, 0.3) is 0 Å². The summed E-state index contributed by atoms with van der Waals surface area (Å²) in [5, 5.41) is 4.10. The number of hydrogen-bond acceptors (Lipinski definition) is 2. The Bertz CT molecular complexity index is 438. The molecule has 2 atom stereocenters. The molecule has 0 spiro atoms. The van der Waals surface area contributed by atoms with Gasteiger partial charge in [-0.1, -0.05) is 17.7 Å². The summed E-state index contributed by atoms with van der Waals surface area (Å²) in [7, 11) is 0. The van der Waals surface area contributed by atoms with Crippen molar-refractivity contribution in [3.63, 3.8) is 0 Å². The van der Waals surface area contributed by atoms with E-state index >= 15 is 0 Å². The van der Waals surface area contributed by atoms with Crippen LogP contribution in [0.3, 0.4) is 0 Å². The van der Waals surface area contributed by atoms with Gasteiger partial charge in [0.15, 0.2) is 0 Å². The summed E-state index contributed by atoms with van der Waals surface area (Å²) in [6.45, 7) is 2.77. The number of halogens is 2. The maximum absolute atomic E-state index is 13.8. The summed E-state index contributed by atoms with van der Waals surface area (Å²) in [5.41, 5.74) is 0.747. The van der Waals surface area contributed by atoms with Crippen LogP contribution in [0, 0.1) is 5.82 Å². The summed E-state index contributed by atoms with van der Waals surface area (Å²) < 4.78 is 13.8. The number of likely N-dealkylation sites (tertiary alicyclic amines) is 1. The van der Waals surface area contributed by atoms with Crippen molar-refractivity contribution in [3.05, 3.63) is 34.6 Å². The molecule has 2 aliphatic rings. The predicted octanol–water partition coefficient (Wildman–Crippen LogP) is 2.81. The van der Waals surface area contributed by atoms with E-state index < -0.39 is 0 Å². The molecule has 0 saturated carbocycles. The van der Waals surface area contributed by atoms with Crippen molar-refractivity contribution in [1.82, 2.24) is 10.2 Å². The molecule has 4 heteroatoms. The van der Waals surface area contributed by atoms with E-state index in [1.54, 1.807) is 12.1 Å². The zero-order valence-corrected chi connectivity index (χ0v) is 11.1. The van der Waals surface area contributed by atoms with Gasteiger partial charge in [0.2, 0.25) is 0 Å². The van der Waals surface area contributed by atoms with Crippen LogP contribution >= 0.6 is 11.6 Å². The molecule has 1 aromatic rings. The van der Waals surface area contributed by atoms with Gasteiger partial charge in [-0.05, 0) is 31.4 Å². The van der Waals surface area contributed by atoms with Gasteiger partial charge >= 0.3 is 0 Å². The molecule has 1 aromatic carbocycles. The maximum Gasteiger partial charge on any atom is 0.129 e. The molecule has 2 saturated heterocycles. The molecule has 2 nitrogen and oxygen atoms in total.